The number of fused-ring (bicyclic) bond motifs is 2. The Labute approximate surface area is 171 Å². The summed E-state index contributed by atoms with van der Waals surface area (Å²) in [6, 6.07) is 7.73. The molecule has 2 N–H and O–H groups in total. The number of anilines is 1. The molecule has 0 radical (unpaired) electrons. The van der Waals surface area contributed by atoms with Crippen molar-refractivity contribution in [2.45, 2.75) is 13.8 Å². The average Bonchev–Trinajstić information content (AvgIpc) is 3.28. The zero-order valence-corrected chi connectivity index (χ0v) is 17.2. The number of nitrogens with one attached hydrogen (secondary N) is 2. The van der Waals surface area contributed by atoms with Gasteiger partial charge in [0.25, 0.3) is 5.91 Å². The number of aromatic amines is 1. The van der Waals surface area contributed by atoms with Crippen molar-refractivity contribution < 1.29 is 9.59 Å². The summed E-state index contributed by atoms with van der Waals surface area (Å²) in [6.45, 7) is 4.20. The highest BCUT2D eigenvalue weighted by atomic mass is 32.2. The van der Waals surface area contributed by atoms with E-state index in [1.165, 1.54) is 16.7 Å². The maximum Gasteiger partial charge on any atom is 0.261 e. The van der Waals surface area contributed by atoms with Crippen LogP contribution in [-0.2, 0) is 9.59 Å². The van der Waals surface area contributed by atoms with Gasteiger partial charge in [-0.1, -0.05) is 37.8 Å². The van der Waals surface area contributed by atoms with Gasteiger partial charge in [0.1, 0.15) is 11.8 Å². The number of nitrogens with zero attached hydrogens (tertiary/aromatic N) is 2. The zero-order chi connectivity index (χ0) is 19.7. The summed E-state index contributed by atoms with van der Waals surface area (Å²) in [4.78, 5) is 37.4. The first-order valence-corrected chi connectivity index (χ1v) is 11.0. The molecular formula is C20H20N4O2S2. The van der Waals surface area contributed by atoms with Crippen molar-refractivity contribution in [2.75, 3.05) is 16.8 Å². The fourth-order valence-corrected chi connectivity index (χ4v) is 4.80. The Kier molecular flexibility index (Phi) is 5.41. The summed E-state index contributed by atoms with van der Waals surface area (Å²) in [5.74, 6) is 0.999. The quantitative estimate of drug-likeness (QED) is 0.748. The summed E-state index contributed by atoms with van der Waals surface area (Å²) < 4.78 is 0. The molecule has 28 heavy (non-hydrogen) atoms. The van der Waals surface area contributed by atoms with Crippen molar-refractivity contribution in [3.05, 3.63) is 41.4 Å². The number of hydrogen-bond acceptors (Lipinski definition) is 5. The summed E-state index contributed by atoms with van der Waals surface area (Å²) >= 11 is 2.97. The van der Waals surface area contributed by atoms with E-state index in [4.69, 9.17) is 0 Å². The van der Waals surface area contributed by atoms with Crippen molar-refractivity contribution in [3.63, 3.8) is 0 Å². The third kappa shape index (κ3) is 4.07. The second kappa shape index (κ2) is 7.97. The Morgan fingerprint density at radius 1 is 1.32 bits per heavy atom. The normalized spacial score (nSPS) is 18.8. The van der Waals surface area contributed by atoms with Gasteiger partial charge in [-0.05, 0) is 34.4 Å². The molecule has 4 rings (SSSR count). The monoisotopic (exact) mass is 412 g/mol. The first-order chi connectivity index (χ1) is 13.5. The number of H-pyrrole nitrogens is 1. The van der Waals surface area contributed by atoms with Crippen LogP contribution >= 0.6 is 23.5 Å². The maximum atomic E-state index is 12.3. The lowest BCUT2D eigenvalue weighted by molar-refractivity contribution is -0.118. The predicted octanol–water partition coefficient (Wildman–Crippen LogP) is 4.08. The smallest absolute Gasteiger partial charge is 0.261 e. The molecule has 144 valence electrons. The molecule has 2 amide bonds. The van der Waals surface area contributed by atoms with Gasteiger partial charge >= 0.3 is 0 Å². The molecule has 0 saturated heterocycles. The molecule has 0 saturated carbocycles. The van der Waals surface area contributed by atoms with Crippen molar-refractivity contribution >= 4 is 62.8 Å². The summed E-state index contributed by atoms with van der Waals surface area (Å²) in [6.07, 6.45) is 3.84. The number of amidine groups is 1. The molecule has 2 aliphatic heterocycles. The number of thioether (sulfide) groups is 2. The van der Waals surface area contributed by atoms with E-state index in [9.17, 15) is 9.59 Å². The van der Waals surface area contributed by atoms with Gasteiger partial charge in [0, 0.05) is 17.4 Å². The van der Waals surface area contributed by atoms with Gasteiger partial charge in [0.15, 0.2) is 0 Å². The van der Waals surface area contributed by atoms with Gasteiger partial charge < -0.3 is 10.3 Å². The highest BCUT2D eigenvalue weighted by molar-refractivity contribution is 8.17. The number of aliphatic imine (C=N–C) groups is 2. The fraction of sp³-hybridized carbons (Fsp3) is 0.300. The number of amides is 2. The van der Waals surface area contributed by atoms with Crippen LogP contribution in [0.2, 0.25) is 0 Å². The first-order valence-electron chi connectivity index (χ1n) is 9.04. The van der Waals surface area contributed by atoms with E-state index in [-0.39, 0.29) is 23.5 Å². The number of aromatic nitrogens is 1. The third-order valence-corrected chi connectivity index (χ3v) is 6.76. The van der Waals surface area contributed by atoms with Crippen molar-refractivity contribution in [1.82, 2.24) is 4.98 Å². The highest BCUT2D eigenvalue weighted by Crippen LogP contribution is 2.38. The van der Waals surface area contributed by atoms with Crippen molar-refractivity contribution in [1.29, 1.82) is 0 Å². The lowest BCUT2D eigenvalue weighted by Gasteiger charge is -2.12. The SMILES string of the molecule is CC(C)C1=CC2C(=O)N=C(CSCC(=O)Nc3ccc4cc[nH]c4c3)N=C2S1. The lowest BCUT2D eigenvalue weighted by Crippen LogP contribution is -2.24. The molecular weight excluding hydrogens is 392 g/mol. The molecule has 2 aromatic rings. The Morgan fingerprint density at radius 2 is 2.18 bits per heavy atom. The molecule has 0 bridgehead atoms. The average molecular weight is 413 g/mol. The molecule has 1 aromatic heterocycles. The molecule has 8 heteroatoms. The fourth-order valence-electron chi connectivity index (χ4n) is 3.00. The van der Waals surface area contributed by atoms with Gasteiger partial charge in [-0.3, -0.25) is 9.59 Å². The molecule has 1 unspecified atom stereocenters. The molecule has 1 aromatic carbocycles. The molecule has 2 aliphatic rings. The zero-order valence-electron chi connectivity index (χ0n) is 15.6. The van der Waals surface area contributed by atoms with Crippen molar-refractivity contribution in [3.8, 4) is 0 Å². The van der Waals surface area contributed by atoms with E-state index in [0.717, 1.165) is 21.6 Å². The number of carbonyl (C=O) groups is 2. The van der Waals surface area contributed by atoms with Crippen LogP contribution in [-0.4, -0.2) is 39.2 Å². The minimum absolute atomic E-state index is 0.0943. The van der Waals surface area contributed by atoms with Gasteiger partial charge in [0.2, 0.25) is 5.91 Å². The van der Waals surface area contributed by atoms with Crippen LogP contribution in [0.25, 0.3) is 10.9 Å². The molecule has 0 spiro atoms. The van der Waals surface area contributed by atoms with Crippen LogP contribution in [0.5, 0.6) is 0 Å². The van der Waals surface area contributed by atoms with Crippen LogP contribution in [0.15, 0.2) is 51.4 Å². The van der Waals surface area contributed by atoms with E-state index in [0.29, 0.717) is 17.5 Å². The Bertz CT molecular complexity index is 1040. The van der Waals surface area contributed by atoms with Crippen LogP contribution in [0, 0.1) is 11.8 Å². The van der Waals surface area contributed by atoms with Crippen LogP contribution < -0.4 is 5.32 Å². The van der Waals surface area contributed by atoms with Crippen LogP contribution in [0.3, 0.4) is 0 Å². The minimum atomic E-state index is -0.317. The minimum Gasteiger partial charge on any atom is -0.361 e. The third-order valence-electron chi connectivity index (χ3n) is 4.44. The number of carbonyl (C=O) groups excluding carboxylic acids is 2. The van der Waals surface area contributed by atoms with E-state index in [1.54, 1.807) is 11.8 Å². The molecule has 0 fully saturated rings. The topological polar surface area (TPSA) is 86.7 Å². The Morgan fingerprint density at radius 3 is 3.00 bits per heavy atom. The van der Waals surface area contributed by atoms with E-state index in [2.05, 4.69) is 34.1 Å². The summed E-state index contributed by atoms with van der Waals surface area (Å²) in [5.41, 5.74) is 1.73. The summed E-state index contributed by atoms with van der Waals surface area (Å²) in [7, 11) is 0. The van der Waals surface area contributed by atoms with E-state index in [1.807, 2.05) is 36.5 Å². The Balaban J connectivity index is 1.30. The number of hydrogen-bond donors (Lipinski definition) is 2. The van der Waals surface area contributed by atoms with E-state index >= 15 is 0 Å². The first kappa shape index (κ1) is 19.0. The summed E-state index contributed by atoms with van der Waals surface area (Å²) in [5, 5.41) is 4.80. The number of benzene rings is 1. The van der Waals surface area contributed by atoms with Crippen LogP contribution in [0.4, 0.5) is 5.69 Å². The van der Waals surface area contributed by atoms with E-state index < -0.39 is 0 Å². The second-order valence-corrected chi connectivity index (χ2v) is 9.02. The van der Waals surface area contributed by atoms with Gasteiger partial charge in [-0.15, -0.1) is 11.8 Å². The largest absolute Gasteiger partial charge is 0.361 e. The second-order valence-electron chi connectivity index (χ2n) is 6.94. The molecule has 6 nitrogen and oxygen atoms in total. The molecule has 1 atom stereocenters. The number of rotatable bonds is 6. The van der Waals surface area contributed by atoms with Gasteiger partial charge in [-0.2, -0.15) is 4.99 Å². The lowest BCUT2D eigenvalue weighted by atomic mass is 10.1. The Hall–Kier alpha value is -2.32. The predicted molar refractivity (Wildman–Crippen MR) is 118 cm³/mol. The molecule has 3 heterocycles. The maximum absolute atomic E-state index is 12.3. The standard InChI is InChI=1S/C20H20N4O2S2/c1-11(2)16-8-14-19(26)23-17(24-20(14)28-16)9-27-10-18(25)22-13-4-3-12-5-6-21-15(12)7-13/h3-8,11,14,21H,9-10H2,1-2H3,(H,22,25). The van der Waals surface area contributed by atoms with Gasteiger partial charge in [0.05, 0.1) is 16.5 Å². The van der Waals surface area contributed by atoms with Crippen molar-refractivity contribution in [2.24, 2.45) is 21.8 Å². The highest BCUT2D eigenvalue weighted by Gasteiger charge is 2.34. The van der Waals surface area contributed by atoms with Crippen LogP contribution in [0.1, 0.15) is 13.8 Å². The molecule has 0 aliphatic carbocycles. The number of allylic oxidation sites excluding steroid dienone is 1. The van der Waals surface area contributed by atoms with Gasteiger partial charge in [-0.25, -0.2) is 4.99 Å².